The minimum absolute atomic E-state index is 0.105. The predicted octanol–water partition coefficient (Wildman–Crippen LogP) is 12.4. The van der Waals surface area contributed by atoms with E-state index in [0.29, 0.717) is 12.8 Å². The molecule has 0 saturated heterocycles. The van der Waals surface area contributed by atoms with Crippen LogP contribution in [0.25, 0.3) is 0 Å². The van der Waals surface area contributed by atoms with Crippen LogP contribution in [0.4, 0.5) is 17.6 Å². The minimum atomic E-state index is -3.98. The maximum absolute atomic E-state index is 12.1. The summed E-state index contributed by atoms with van der Waals surface area (Å²) in [5.74, 6) is 0. The van der Waals surface area contributed by atoms with E-state index in [1.54, 1.807) is 0 Å². The van der Waals surface area contributed by atoms with Gasteiger partial charge in [0, 0.05) is 12.8 Å². The largest absolute Gasteiger partial charge is 0.389 e. The van der Waals surface area contributed by atoms with Gasteiger partial charge in [0.25, 0.3) is 0 Å². The van der Waals surface area contributed by atoms with E-state index in [1.165, 1.54) is 128 Å². The number of rotatable bonds is 29. The molecule has 0 bridgehead atoms. The highest BCUT2D eigenvalue weighted by atomic mass is 19.4. The summed E-state index contributed by atoms with van der Waals surface area (Å²) >= 11 is 0. The van der Waals surface area contributed by atoms with Gasteiger partial charge in [-0.1, -0.05) is 161 Å². The van der Waals surface area contributed by atoms with Crippen LogP contribution in [0.3, 0.4) is 0 Å². The Labute approximate surface area is 221 Å². The Morgan fingerprint density at radius 1 is 0.361 bits per heavy atom. The Balaban J connectivity index is 3.05. The molecule has 0 aliphatic rings. The van der Waals surface area contributed by atoms with E-state index in [0.717, 1.165) is 32.1 Å². The van der Waals surface area contributed by atoms with Crippen LogP contribution in [0.2, 0.25) is 0 Å². The zero-order valence-corrected chi connectivity index (χ0v) is 23.4. The van der Waals surface area contributed by atoms with Crippen LogP contribution in [0, 0.1) is 0 Å². The molecule has 0 aromatic rings. The van der Waals surface area contributed by atoms with Gasteiger partial charge in [0.15, 0.2) is 0 Å². The van der Waals surface area contributed by atoms with Crippen molar-refractivity contribution < 1.29 is 22.4 Å². The lowest BCUT2D eigenvalue weighted by Gasteiger charge is -2.06. The van der Waals surface area contributed by atoms with Crippen molar-refractivity contribution in [2.45, 2.75) is 192 Å². The summed E-state index contributed by atoms with van der Waals surface area (Å²) in [6.07, 6.45) is 28.1. The lowest BCUT2D eigenvalue weighted by molar-refractivity contribution is -0.135. The fourth-order valence-electron chi connectivity index (χ4n) is 5.01. The molecule has 0 rings (SSSR count). The van der Waals surface area contributed by atoms with Crippen molar-refractivity contribution in [3.8, 4) is 0 Å². The Hall–Kier alpha value is -0.610. The van der Waals surface area contributed by atoms with Crippen LogP contribution in [-0.4, -0.2) is 12.2 Å². The second-order valence-electron chi connectivity index (χ2n) is 11.0. The van der Waals surface area contributed by atoms with Crippen molar-refractivity contribution in [3.05, 3.63) is 0 Å². The number of alkyl halides is 3. The minimum Gasteiger partial charge on any atom is -0.261 e. The van der Waals surface area contributed by atoms with E-state index in [1.807, 2.05) is 0 Å². The third-order valence-electron chi connectivity index (χ3n) is 7.33. The SMILES string of the molecule is O=C(F)CCCCCCCCCCCCCCCCCCCCCCCCCCCCCC(F)(F)F. The smallest absolute Gasteiger partial charge is 0.261 e. The second kappa shape index (κ2) is 27.4. The van der Waals surface area contributed by atoms with Gasteiger partial charge in [-0.05, 0) is 12.8 Å². The molecule has 0 aliphatic carbocycles. The van der Waals surface area contributed by atoms with Gasteiger partial charge in [-0.2, -0.15) is 17.6 Å². The summed E-state index contributed by atoms with van der Waals surface area (Å²) in [6.45, 7) is 0. The van der Waals surface area contributed by atoms with Crippen LogP contribution in [0.1, 0.15) is 186 Å². The van der Waals surface area contributed by atoms with Crippen molar-refractivity contribution >= 4 is 6.04 Å². The molecule has 0 spiro atoms. The zero-order valence-electron chi connectivity index (χ0n) is 23.4. The van der Waals surface area contributed by atoms with Gasteiger partial charge < -0.3 is 0 Å². The molecule has 0 N–H and O–H groups in total. The van der Waals surface area contributed by atoms with Gasteiger partial charge in [0.05, 0.1) is 0 Å². The molecular formula is C31H58F4O. The molecule has 0 amide bonds. The standard InChI is InChI=1S/C31H58F4O/c32-30(36)28-26-24-22-20-18-16-14-12-10-8-6-4-2-1-3-5-7-9-11-13-15-17-19-21-23-25-27-29-31(33,34)35/h1-29H2. The first-order valence-corrected chi connectivity index (χ1v) is 15.7. The molecule has 0 aromatic carbocycles. The average molecular weight is 523 g/mol. The number of carbonyl (C=O) groups is 1. The monoisotopic (exact) mass is 522 g/mol. The molecule has 0 fully saturated rings. The summed E-state index contributed by atoms with van der Waals surface area (Å²) in [4.78, 5) is 10.2. The Bertz CT molecular complexity index is 450. The van der Waals surface area contributed by atoms with E-state index in [4.69, 9.17) is 0 Å². The molecule has 0 radical (unpaired) electrons. The van der Waals surface area contributed by atoms with Gasteiger partial charge in [0.1, 0.15) is 0 Å². The molecule has 216 valence electrons. The van der Waals surface area contributed by atoms with E-state index in [-0.39, 0.29) is 6.42 Å². The van der Waals surface area contributed by atoms with Gasteiger partial charge >= 0.3 is 12.2 Å². The van der Waals surface area contributed by atoms with E-state index >= 15 is 0 Å². The van der Waals surface area contributed by atoms with E-state index in [9.17, 15) is 22.4 Å². The first kappa shape index (κ1) is 35.4. The van der Waals surface area contributed by atoms with Crippen LogP contribution in [0.5, 0.6) is 0 Å². The number of unbranched alkanes of at least 4 members (excludes halogenated alkanes) is 26. The van der Waals surface area contributed by atoms with E-state index in [2.05, 4.69) is 0 Å². The Morgan fingerprint density at radius 2 is 0.556 bits per heavy atom. The van der Waals surface area contributed by atoms with Crippen molar-refractivity contribution in [3.63, 3.8) is 0 Å². The first-order valence-electron chi connectivity index (χ1n) is 15.7. The molecule has 0 aromatic heterocycles. The van der Waals surface area contributed by atoms with Gasteiger partial charge in [-0.3, -0.25) is 4.79 Å². The molecule has 36 heavy (non-hydrogen) atoms. The molecule has 1 nitrogen and oxygen atoms in total. The summed E-state index contributed by atoms with van der Waals surface area (Å²) in [6, 6.07) is -1.17. The lowest BCUT2D eigenvalue weighted by Crippen LogP contribution is -2.06. The van der Waals surface area contributed by atoms with Gasteiger partial charge in [-0.25, -0.2) is 0 Å². The first-order chi connectivity index (χ1) is 17.4. The third-order valence-corrected chi connectivity index (χ3v) is 7.33. The number of hydrogen-bond acceptors (Lipinski definition) is 1. The maximum Gasteiger partial charge on any atom is 0.389 e. The summed E-state index contributed by atoms with van der Waals surface area (Å²) in [5, 5.41) is 0. The molecule has 5 heteroatoms. The topological polar surface area (TPSA) is 17.1 Å². The van der Waals surface area contributed by atoms with Gasteiger partial charge in [-0.15, -0.1) is 0 Å². The predicted molar refractivity (Wildman–Crippen MR) is 146 cm³/mol. The lowest BCUT2D eigenvalue weighted by atomic mass is 10.0. The molecule has 0 atom stereocenters. The molecule has 0 aliphatic heterocycles. The quantitative estimate of drug-likeness (QED) is 0.0542. The highest BCUT2D eigenvalue weighted by Crippen LogP contribution is 2.23. The molecule has 0 unspecified atom stereocenters. The third kappa shape index (κ3) is 33.4. The highest BCUT2D eigenvalue weighted by Gasteiger charge is 2.25. The second-order valence-corrected chi connectivity index (χ2v) is 11.0. The van der Waals surface area contributed by atoms with Crippen LogP contribution < -0.4 is 0 Å². The summed E-state index contributed by atoms with van der Waals surface area (Å²) in [5.41, 5.74) is 0. The van der Waals surface area contributed by atoms with Crippen LogP contribution >= 0.6 is 0 Å². The zero-order chi connectivity index (χ0) is 26.6. The van der Waals surface area contributed by atoms with E-state index < -0.39 is 18.6 Å². The van der Waals surface area contributed by atoms with Gasteiger partial charge in [0.2, 0.25) is 0 Å². The number of carbonyl (C=O) groups excluding carboxylic acids is 1. The normalized spacial score (nSPS) is 11.9. The van der Waals surface area contributed by atoms with Crippen molar-refractivity contribution in [2.24, 2.45) is 0 Å². The maximum atomic E-state index is 12.1. The molecule has 0 heterocycles. The number of hydrogen-bond donors (Lipinski definition) is 0. The number of halogens is 4. The Kier molecular flexibility index (Phi) is 27.0. The van der Waals surface area contributed by atoms with Crippen LogP contribution in [-0.2, 0) is 4.79 Å². The highest BCUT2D eigenvalue weighted by molar-refractivity contribution is 5.67. The summed E-state index contributed by atoms with van der Waals surface area (Å²) in [7, 11) is 0. The fraction of sp³-hybridized carbons (Fsp3) is 0.968. The Morgan fingerprint density at radius 3 is 0.750 bits per heavy atom. The molecule has 0 saturated carbocycles. The fourth-order valence-corrected chi connectivity index (χ4v) is 5.01. The van der Waals surface area contributed by atoms with Crippen molar-refractivity contribution in [1.82, 2.24) is 0 Å². The van der Waals surface area contributed by atoms with Crippen LogP contribution in [0.15, 0.2) is 0 Å². The summed E-state index contributed by atoms with van der Waals surface area (Å²) < 4.78 is 48.2. The van der Waals surface area contributed by atoms with Crippen molar-refractivity contribution in [2.75, 3.05) is 0 Å². The van der Waals surface area contributed by atoms with Crippen molar-refractivity contribution in [1.29, 1.82) is 0 Å². The average Bonchev–Trinajstić information content (AvgIpc) is 2.82. The molecular weight excluding hydrogens is 464 g/mol.